The minimum atomic E-state index is -0.0254. The van der Waals surface area contributed by atoms with Crippen molar-refractivity contribution in [1.29, 1.82) is 0 Å². The quantitative estimate of drug-likeness (QED) is 0.840. The summed E-state index contributed by atoms with van der Waals surface area (Å²) in [5, 5.41) is 3.55. The third-order valence-electron chi connectivity index (χ3n) is 3.77. The molecule has 2 rings (SSSR count). The van der Waals surface area contributed by atoms with Gasteiger partial charge in [-0.05, 0) is 26.7 Å². The fourth-order valence-corrected chi connectivity index (χ4v) is 2.95. The van der Waals surface area contributed by atoms with Crippen LogP contribution >= 0.6 is 11.6 Å². The van der Waals surface area contributed by atoms with Crippen LogP contribution in [0.1, 0.15) is 44.6 Å². The number of aromatic nitrogens is 2. The molecule has 1 N–H and O–H groups in total. The average Bonchev–Trinajstić information content (AvgIpc) is 2.45. The van der Waals surface area contributed by atoms with Crippen molar-refractivity contribution in [2.24, 2.45) is 0 Å². The minimum Gasteiger partial charge on any atom is -0.478 e. The molecule has 0 amide bonds. The predicted octanol–water partition coefficient (Wildman–Crippen LogP) is 3.54. The summed E-state index contributed by atoms with van der Waals surface area (Å²) < 4.78 is 5.51. The topological polar surface area (TPSA) is 47.0 Å². The Labute approximate surface area is 119 Å². The van der Waals surface area contributed by atoms with Gasteiger partial charge in [0.15, 0.2) is 0 Å². The standard InChI is InChI=1S/C14H22ClN3O/c1-3-19-13-11(2)12(16-10-17-13)18-14(9-15)7-5-4-6-8-14/h10H,3-9H2,1-2H3,(H,16,17,18). The van der Waals surface area contributed by atoms with Gasteiger partial charge in [-0.2, -0.15) is 0 Å². The van der Waals surface area contributed by atoms with Gasteiger partial charge in [-0.25, -0.2) is 9.97 Å². The number of alkyl halides is 1. The molecule has 0 aromatic carbocycles. The number of rotatable bonds is 5. The van der Waals surface area contributed by atoms with Gasteiger partial charge in [-0.15, -0.1) is 11.6 Å². The Morgan fingerprint density at radius 1 is 1.32 bits per heavy atom. The first-order valence-electron chi connectivity index (χ1n) is 6.99. The number of hydrogen-bond donors (Lipinski definition) is 1. The van der Waals surface area contributed by atoms with Crippen molar-refractivity contribution in [3.8, 4) is 5.88 Å². The maximum absolute atomic E-state index is 6.20. The normalized spacial score (nSPS) is 18.1. The van der Waals surface area contributed by atoms with Gasteiger partial charge in [0, 0.05) is 5.88 Å². The van der Waals surface area contributed by atoms with Crippen LogP contribution < -0.4 is 10.1 Å². The number of hydrogen-bond acceptors (Lipinski definition) is 4. The average molecular weight is 284 g/mol. The molecule has 1 heterocycles. The van der Waals surface area contributed by atoms with Crippen molar-refractivity contribution in [2.45, 2.75) is 51.5 Å². The largest absolute Gasteiger partial charge is 0.478 e. The number of anilines is 1. The molecule has 0 aliphatic heterocycles. The van der Waals surface area contributed by atoms with Gasteiger partial charge in [0.05, 0.1) is 17.7 Å². The molecule has 4 nitrogen and oxygen atoms in total. The molecule has 106 valence electrons. The molecule has 1 fully saturated rings. The van der Waals surface area contributed by atoms with Crippen LogP contribution in [0.5, 0.6) is 5.88 Å². The summed E-state index contributed by atoms with van der Waals surface area (Å²) in [6, 6.07) is 0. The molecule has 1 aromatic heterocycles. The van der Waals surface area contributed by atoms with E-state index in [9.17, 15) is 0 Å². The molecular formula is C14H22ClN3O. The lowest BCUT2D eigenvalue weighted by atomic mass is 9.83. The first-order chi connectivity index (χ1) is 9.21. The van der Waals surface area contributed by atoms with Crippen molar-refractivity contribution >= 4 is 17.4 Å². The van der Waals surface area contributed by atoms with E-state index in [2.05, 4.69) is 15.3 Å². The van der Waals surface area contributed by atoms with E-state index in [0.717, 1.165) is 24.2 Å². The number of nitrogens with one attached hydrogen (secondary N) is 1. The van der Waals surface area contributed by atoms with Gasteiger partial charge < -0.3 is 10.1 Å². The lowest BCUT2D eigenvalue weighted by Gasteiger charge is -2.37. The highest BCUT2D eigenvalue weighted by Crippen LogP contribution is 2.34. The first kappa shape index (κ1) is 14.4. The summed E-state index contributed by atoms with van der Waals surface area (Å²) in [7, 11) is 0. The summed E-state index contributed by atoms with van der Waals surface area (Å²) in [6.45, 7) is 4.55. The van der Waals surface area contributed by atoms with Crippen LogP contribution in [0.15, 0.2) is 6.33 Å². The number of nitrogens with zero attached hydrogens (tertiary/aromatic N) is 2. The van der Waals surface area contributed by atoms with E-state index < -0.39 is 0 Å². The molecule has 0 unspecified atom stereocenters. The third kappa shape index (κ3) is 3.30. The van der Waals surface area contributed by atoms with Gasteiger partial charge >= 0.3 is 0 Å². The number of halogens is 1. The summed E-state index contributed by atoms with van der Waals surface area (Å²) in [5.41, 5.74) is 0.932. The van der Waals surface area contributed by atoms with Crippen LogP contribution in [-0.2, 0) is 0 Å². The van der Waals surface area contributed by atoms with Crippen molar-refractivity contribution in [2.75, 3.05) is 17.8 Å². The molecule has 1 aromatic rings. The SMILES string of the molecule is CCOc1ncnc(NC2(CCl)CCCCC2)c1C. The van der Waals surface area contributed by atoms with Gasteiger partial charge in [0.2, 0.25) is 5.88 Å². The van der Waals surface area contributed by atoms with Crippen LogP contribution in [0.3, 0.4) is 0 Å². The van der Waals surface area contributed by atoms with Crippen molar-refractivity contribution in [3.63, 3.8) is 0 Å². The molecule has 19 heavy (non-hydrogen) atoms. The van der Waals surface area contributed by atoms with Crippen LogP contribution in [0.4, 0.5) is 5.82 Å². The molecule has 1 saturated carbocycles. The smallest absolute Gasteiger partial charge is 0.221 e. The summed E-state index contributed by atoms with van der Waals surface area (Å²) in [6.07, 6.45) is 7.50. The minimum absolute atomic E-state index is 0.0254. The molecule has 0 radical (unpaired) electrons. The zero-order valence-electron chi connectivity index (χ0n) is 11.7. The lowest BCUT2D eigenvalue weighted by Crippen LogP contribution is -2.42. The van der Waals surface area contributed by atoms with E-state index in [-0.39, 0.29) is 5.54 Å². The Morgan fingerprint density at radius 3 is 2.68 bits per heavy atom. The van der Waals surface area contributed by atoms with Crippen LogP contribution in [0.2, 0.25) is 0 Å². The van der Waals surface area contributed by atoms with E-state index in [0.29, 0.717) is 18.4 Å². The van der Waals surface area contributed by atoms with Crippen LogP contribution in [0.25, 0.3) is 0 Å². The highest BCUT2D eigenvalue weighted by Gasteiger charge is 2.32. The van der Waals surface area contributed by atoms with Crippen molar-refractivity contribution < 1.29 is 4.74 Å². The summed E-state index contributed by atoms with van der Waals surface area (Å²) in [5.74, 6) is 2.11. The fraction of sp³-hybridized carbons (Fsp3) is 0.714. The van der Waals surface area contributed by atoms with Gasteiger partial charge in [0.1, 0.15) is 12.1 Å². The van der Waals surface area contributed by atoms with Crippen LogP contribution in [-0.4, -0.2) is 28.0 Å². The van der Waals surface area contributed by atoms with Gasteiger partial charge in [-0.1, -0.05) is 19.3 Å². The van der Waals surface area contributed by atoms with Crippen LogP contribution in [0, 0.1) is 6.92 Å². The van der Waals surface area contributed by atoms with E-state index in [1.54, 1.807) is 6.33 Å². The molecule has 0 atom stereocenters. The Kier molecular flexibility index (Phi) is 4.86. The monoisotopic (exact) mass is 283 g/mol. The van der Waals surface area contributed by atoms with E-state index in [1.165, 1.54) is 19.3 Å². The fourth-order valence-electron chi connectivity index (χ4n) is 2.61. The third-order valence-corrected chi connectivity index (χ3v) is 4.28. The van der Waals surface area contributed by atoms with Gasteiger partial charge in [-0.3, -0.25) is 0 Å². The molecular weight excluding hydrogens is 262 g/mol. The zero-order valence-corrected chi connectivity index (χ0v) is 12.5. The Morgan fingerprint density at radius 2 is 2.05 bits per heavy atom. The Hall–Kier alpha value is -1.03. The highest BCUT2D eigenvalue weighted by atomic mass is 35.5. The molecule has 5 heteroatoms. The Balaban J connectivity index is 2.19. The summed E-state index contributed by atoms with van der Waals surface area (Å²) in [4.78, 5) is 8.51. The van der Waals surface area contributed by atoms with Crippen molar-refractivity contribution in [3.05, 3.63) is 11.9 Å². The maximum Gasteiger partial charge on any atom is 0.221 e. The molecule has 0 saturated heterocycles. The molecule has 1 aliphatic carbocycles. The van der Waals surface area contributed by atoms with Crippen molar-refractivity contribution in [1.82, 2.24) is 9.97 Å². The van der Waals surface area contributed by atoms with E-state index in [4.69, 9.17) is 16.3 Å². The molecule has 0 bridgehead atoms. The summed E-state index contributed by atoms with van der Waals surface area (Å²) >= 11 is 6.20. The van der Waals surface area contributed by atoms with E-state index >= 15 is 0 Å². The Bertz CT molecular complexity index is 419. The second-order valence-electron chi connectivity index (χ2n) is 5.19. The molecule has 1 aliphatic rings. The second kappa shape index (κ2) is 6.42. The lowest BCUT2D eigenvalue weighted by molar-refractivity contribution is 0.322. The highest BCUT2D eigenvalue weighted by molar-refractivity contribution is 6.18. The predicted molar refractivity (Wildman–Crippen MR) is 78.1 cm³/mol. The second-order valence-corrected chi connectivity index (χ2v) is 5.45. The van der Waals surface area contributed by atoms with Gasteiger partial charge in [0.25, 0.3) is 0 Å². The molecule has 0 spiro atoms. The number of ether oxygens (including phenoxy) is 1. The zero-order chi connectivity index (χ0) is 13.7. The first-order valence-corrected chi connectivity index (χ1v) is 7.53. The maximum atomic E-state index is 6.20. The van der Waals surface area contributed by atoms with E-state index in [1.807, 2.05) is 13.8 Å².